The molecule has 3 aromatic rings. The number of para-hydroxylation sites is 1. The Morgan fingerprint density at radius 3 is 2.26 bits per heavy atom. The number of halogens is 1. The van der Waals surface area contributed by atoms with Gasteiger partial charge >= 0.3 is 0 Å². The van der Waals surface area contributed by atoms with Crippen LogP contribution in [0.2, 0.25) is 5.02 Å². The number of hydrogen-bond acceptors (Lipinski definition) is 4. The number of carbonyl (C=O) groups is 2. The number of aromatic nitrogens is 1. The Labute approximate surface area is 186 Å². The van der Waals surface area contributed by atoms with Crippen LogP contribution in [0.5, 0.6) is 5.75 Å². The van der Waals surface area contributed by atoms with E-state index in [0.717, 1.165) is 5.56 Å². The standard InChI is InChI=1S/C24H22ClN3O3/c25-21-9-3-1-6-19(21)17-31-22-10-4-2-8-20(22)24(30)28-14-12-27(13-15-28)23(29)18-7-5-11-26-16-18/h1-11,16H,12-15,17H2. The van der Waals surface area contributed by atoms with Crippen molar-refractivity contribution in [1.82, 2.24) is 14.8 Å². The lowest BCUT2D eigenvalue weighted by molar-refractivity contribution is 0.0532. The van der Waals surface area contributed by atoms with E-state index in [1.54, 1.807) is 46.5 Å². The summed E-state index contributed by atoms with van der Waals surface area (Å²) < 4.78 is 5.93. The Morgan fingerprint density at radius 1 is 0.871 bits per heavy atom. The molecule has 31 heavy (non-hydrogen) atoms. The van der Waals surface area contributed by atoms with E-state index in [2.05, 4.69) is 4.98 Å². The zero-order chi connectivity index (χ0) is 21.6. The van der Waals surface area contributed by atoms with E-state index in [4.69, 9.17) is 16.3 Å². The van der Waals surface area contributed by atoms with Crippen LogP contribution < -0.4 is 4.74 Å². The van der Waals surface area contributed by atoms with Crippen LogP contribution in [0, 0.1) is 0 Å². The van der Waals surface area contributed by atoms with Crippen molar-refractivity contribution in [3.05, 3.63) is 94.8 Å². The summed E-state index contributed by atoms with van der Waals surface area (Å²) in [6.07, 6.45) is 3.20. The molecule has 2 amide bonds. The first kappa shape index (κ1) is 20.9. The number of nitrogens with zero attached hydrogens (tertiary/aromatic N) is 3. The van der Waals surface area contributed by atoms with E-state index in [0.29, 0.717) is 48.1 Å². The van der Waals surface area contributed by atoms with Crippen LogP contribution >= 0.6 is 11.6 Å². The fraction of sp³-hybridized carbons (Fsp3) is 0.208. The molecule has 0 saturated carbocycles. The van der Waals surface area contributed by atoms with Gasteiger partial charge in [-0.25, -0.2) is 0 Å². The molecule has 0 radical (unpaired) electrons. The van der Waals surface area contributed by atoms with Crippen LogP contribution in [0.25, 0.3) is 0 Å². The van der Waals surface area contributed by atoms with E-state index in [1.165, 1.54) is 0 Å². The Hall–Kier alpha value is -3.38. The van der Waals surface area contributed by atoms with Gasteiger partial charge in [-0.1, -0.05) is 41.9 Å². The summed E-state index contributed by atoms with van der Waals surface area (Å²) in [5.41, 5.74) is 1.91. The molecule has 0 spiro atoms. The molecule has 0 atom stereocenters. The van der Waals surface area contributed by atoms with Gasteiger partial charge in [-0.3, -0.25) is 14.6 Å². The van der Waals surface area contributed by atoms with Gasteiger partial charge < -0.3 is 14.5 Å². The molecule has 1 aliphatic heterocycles. The molecule has 6 nitrogen and oxygen atoms in total. The van der Waals surface area contributed by atoms with Crippen molar-refractivity contribution < 1.29 is 14.3 Å². The molecular weight excluding hydrogens is 414 g/mol. The predicted octanol–water partition coefficient (Wildman–Crippen LogP) is 3.91. The normalized spacial score (nSPS) is 13.7. The van der Waals surface area contributed by atoms with Crippen LogP contribution in [0.1, 0.15) is 26.3 Å². The molecule has 1 aliphatic rings. The lowest BCUT2D eigenvalue weighted by Gasteiger charge is -2.35. The summed E-state index contributed by atoms with van der Waals surface area (Å²) in [6, 6.07) is 18.2. The monoisotopic (exact) mass is 435 g/mol. The van der Waals surface area contributed by atoms with Gasteiger partial charge in [-0.05, 0) is 30.3 Å². The van der Waals surface area contributed by atoms with Gasteiger partial charge in [0.05, 0.1) is 11.1 Å². The van der Waals surface area contributed by atoms with Crippen molar-refractivity contribution in [3.8, 4) is 5.75 Å². The average molecular weight is 436 g/mol. The van der Waals surface area contributed by atoms with Crippen molar-refractivity contribution >= 4 is 23.4 Å². The minimum absolute atomic E-state index is 0.0660. The highest BCUT2D eigenvalue weighted by molar-refractivity contribution is 6.31. The number of amides is 2. The summed E-state index contributed by atoms with van der Waals surface area (Å²) in [5.74, 6) is 0.341. The highest BCUT2D eigenvalue weighted by Gasteiger charge is 2.27. The third kappa shape index (κ3) is 4.86. The second kappa shape index (κ2) is 9.62. The van der Waals surface area contributed by atoms with Crippen molar-refractivity contribution in [1.29, 1.82) is 0 Å². The highest BCUT2D eigenvalue weighted by atomic mass is 35.5. The second-order valence-corrected chi connectivity index (χ2v) is 7.61. The number of carbonyl (C=O) groups excluding carboxylic acids is 2. The molecule has 4 rings (SSSR count). The smallest absolute Gasteiger partial charge is 0.257 e. The molecule has 1 aromatic heterocycles. The van der Waals surface area contributed by atoms with Crippen LogP contribution in [-0.4, -0.2) is 52.8 Å². The van der Waals surface area contributed by atoms with Crippen molar-refractivity contribution in [2.45, 2.75) is 6.61 Å². The maximum Gasteiger partial charge on any atom is 0.257 e. The fourth-order valence-electron chi connectivity index (χ4n) is 3.49. The first-order valence-electron chi connectivity index (χ1n) is 10.1. The maximum atomic E-state index is 13.2. The van der Waals surface area contributed by atoms with Crippen molar-refractivity contribution in [2.75, 3.05) is 26.2 Å². The quantitative estimate of drug-likeness (QED) is 0.609. The highest BCUT2D eigenvalue weighted by Crippen LogP contribution is 2.24. The number of benzene rings is 2. The maximum absolute atomic E-state index is 13.2. The summed E-state index contributed by atoms with van der Waals surface area (Å²) in [7, 11) is 0. The third-order valence-electron chi connectivity index (χ3n) is 5.22. The van der Waals surface area contributed by atoms with E-state index < -0.39 is 0 Å². The molecular formula is C24H22ClN3O3. The van der Waals surface area contributed by atoms with E-state index >= 15 is 0 Å². The van der Waals surface area contributed by atoms with Crippen molar-refractivity contribution in [3.63, 3.8) is 0 Å². The van der Waals surface area contributed by atoms with E-state index in [9.17, 15) is 9.59 Å². The Balaban J connectivity index is 1.40. The number of ether oxygens (including phenoxy) is 1. The molecule has 7 heteroatoms. The summed E-state index contributed by atoms with van der Waals surface area (Å²) >= 11 is 6.21. The molecule has 0 N–H and O–H groups in total. The van der Waals surface area contributed by atoms with Crippen LogP contribution in [-0.2, 0) is 6.61 Å². The summed E-state index contributed by atoms with van der Waals surface area (Å²) in [5, 5.41) is 0.626. The first-order chi connectivity index (χ1) is 15.1. The van der Waals surface area contributed by atoms with Gasteiger partial charge in [0.15, 0.2) is 0 Å². The minimum Gasteiger partial charge on any atom is -0.488 e. The van der Waals surface area contributed by atoms with E-state index in [-0.39, 0.29) is 18.4 Å². The average Bonchev–Trinajstić information content (AvgIpc) is 2.83. The molecule has 2 heterocycles. The van der Waals surface area contributed by atoms with Crippen molar-refractivity contribution in [2.24, 2.45) is 0 Å². The predicted molar refractivity (Wildman–Crippen MR) is 118 cm³/mol. The number of rotatable bonds is 5. The molecule has 2 aromatic carbocycles. The van der Waals surface area contributed by atoms with Gasteiger partial charge in [0, 0.05) is 49.2 Å². The zero-order valence-corrected chi connectivity index (χ0v) is 17.7. The molecule has 1 fully saturated rings. The van der Waals surface area contributed by atoms with E-state index in [1.807, 2.05) is 36.4 Å². The first-order valence-corrected chi connectivity index (χ1v) is 10.4. The molecule has 0 bridgehead atoms. The minimum atomic E-state index is -0.108. The van der Waals surface area contributed by atoms with Gasteiger partial charge in [0.1, 0.15) is 12.4 Å². The number of hydrogen-bond donors (Lipinski definition) is 0. The van der Waals surface area contributed by atoms with Crippen LogP contribution in [0.15, 0.2) is 73.1 Å². The lowest BCUT2D eigenvalue weighted by atomic mass is 10.1. The molecule has 0 aliphatic carbocycles. The number of pyridine rings is 1. The zero-order valence-electron chi connectivity index (χ0n) is 16.9. The van der Waals surface area contributed by atoms with Crippen LogP contribution in [0.3, 0.4) is 0 Å². The third-order valence-corrected chi connectivity index (χ3v) is 5.59. The van der Waals surface area contributed by atoms with Gasteiger partial charge in [-0.15, -0.1) is 0 Å². The Morgan fingerprint density at radius 2 is 1.55 bits per heavy atom. The largest absolute Gasteiger partial charge is 0.488 e. The van der Waals surface area contributed by atoms with Gasteiger partial charge in [0.25, 0.3) is 11.8 Å². The SMILES string of the molecule is O=C(c1cccnc1)N1CCN(C(=O)c2ccccc2OCc2ccccc2Cl)CC1. The lowest BCUT2D eigenvalue weighted by Crippen LogP contribution is -2.50. The molecule has 158 valence electrons. The molecule has 1 saturated heterocycles. The fourth-order valence-corrected chi connectivity index (χ4v) is 3.69. The Kier molecular flexibility index (Phi) is 6.48. The topological polar surface area (TPSA) is 62.7 Å². The summed E-state index contributed by atoms with van der Waals surface area (Å²) in [4.78, 5) is 33.3. The Bertz CT molecular complexity index is 1070. The number of piperazine rings is 1. The summed E-state index contributed by atoms with van der Waals surface area (Å²) in [6.45, 7) is 2.15. The van der Waals surface area contributed by atoms with Crippen LogP contribution in [0.4, 0.5) is 0 Å². The second-order valence-electron chi connectivity index (χ2n) is 7.20. The van der Waals surface area contributed by atoms with Gasteiger partial charge in [-0.2, -0.15) is 0 Å². The molecule has 0 unspecified atom stereocenters. The van der Waals surface area contributed by atoms with Gasteiger partial charge in [0.2, 0.25) is 0 Å².